The van der Waals surface area contributed by atoms with Gasteiger partial charge in [-0.25, -0.2) is 0 Å². The van der Waals surface area contributed by atoms with Crippen molar-refractivity contribution < 1.29 is 4.74 Å². The molecule has 1 aromatic heterocycles. The fraction of sp³-hybridized carbons (Fsp3) is 0.700. The first-order valence-corrected chi connectivity index (χ1v) is 5.82. The third kappa shape index (κ3) is 1.77. The Balaban J connectivity index is 2.19. The molecule has 0 amide bonds. The standard InChI is InChI=1S/C10H16N2OS/c1-13-9-7-8(14-12-9)10(11)5-3-2-4-6-10/h7H,2-6,11H2,1H3. The Hall–Kier alpha value is -0.610. The molecule has 1 fully saturated rings. The van der Waals surface area contributed by atoms with Crippen molar-refractivity contribution in [1.29, 1.82) is 0 Å². The molecule has 2 N–H and O–H groups in total. The topological polar surface area (TPSA) is 48.1 Å². The number of methoxy groups -OCH3 is 1. The average molecular weight is 212 g/mol. The molecule has 1 aliphatic rings. The summed E-state index contributed by atoms with van der Waals surface area (Å²) in [5.41, 5.74) is 6.23. The summed E-state index contributed by atoms with van der Waals surface area (Å²) in [4.78, 5) is 1.18. The molecule has 0 aliphatic heterocycles. The van der Waals surface area contributed by atoms with Gasteiger partial charge in [0.25, 0.3) is 0 Å². The Morgan fingerprint density at radius 2 is 2.14 bits per heavy atom. The molecule has 1 saturated carbocycles. The van der Waals surface area contributed by atoms with Crippen molar-refractivity contribution in [2.45, 2.75) is 37.6 Å². The summed E-state index contributed by atoms with van der Waals surface area (Å²) >= 11 is 1.48. The molecule has 0 bridgehead atoms. The first-order chi connectivity index (χ1) is 6.74. The van der Waals surface area contributed by atoms with Crippen molar-refractivity contribution in [3.05, 3.63) is 10.9 Å². The minimum absolute atomic E-state index is 0.132. The number of hydrogen-bond donors (Lipinski definition) is 1. The van der Waals surface area contributed by atoms with Crippen LogP contribution >= 0.6 is 11.5 Å². The smallest absolute Gasteiger partial charge is 0.225 e. The molecule has 0 radical (unpaired) electrons. The van der Waals surface area contributed by atoms with Gasteiger partial charge in [-0.1, -0.05) is 19.3 Å². The molecule has 0 spiro atoms. The molecule has 78 valence electrons. The second-order valence-corrected chi connectivity index (χ2v) is 4.76. The lowest BCUT2D eigenvalue weighted by atomic mass is 9.81. The Morgan fingerprint density at radius 1 is 1.43 bits per heavy atom. The van der Waals surface area contributed by atoms with Crippen LogP contribution < -0.4 is 10.5 Å². The lowest BCUT2D eigenvalue weighted by molar-refractivity contribution is 0.307. The number of nitrogens with zero attached hydrogens (tertiary/aromatic N) is 1. The van der Waals surface area contributed by atoms with Gasteiger partial charge >= 0.3 is 0 Å². The van der Waals surface area contributed by atoms with E-state index in [9.17, 15) is 0 Å². The van der Waals surface area contributed by atoms with Crippen molar-refractivity contribution in [3.63, 3.8) is 0 Å². The quantitative estimate of drug-likeness (QED) is 0.818. The molecule has 4 heteroatoms. The summed E-state index contributed by atoms with van der Waals surface area (Å²) in [7, 11) is 1.64. The van der Waals surface area contributed by atoms with Gasteiger partial charge < -0.3 is 10.5 Å². The van der Waals surface area contributed by atoms with Crippen LogP contribution in [0.4, 0.5) is 0 Å². The van der Waals surface area contributed by atoms with Crippen LogP contribution in [0.25, 0.3) is 0 Å². The summed E-state index contributed by atoms with van der Waals surface area (Å²) in [6, 6.07) is 1.98. The minimum atomic E-state index is -0.132. The van der Waals surface area contributed by atoms with Gasteiger partial charge in [-0.15, -0.1) is 0 Å². The number of aromatic nitrogens is 1. The Kier molecular flexibility index (Phi) is 2.74. The Morgan fingerprint density at radius 3 is 2.71 bits per heavy atom. The maximum Gasteiger partial charge on any atom is 0.225 e. The van der Waals surface area contributed by atoms with Gasteiger partial charge in [0.1, 0.15) is 0 Å². The van der Waals surface area contributed by atoms with E-state index in [0.717, 1.165) is 12.8 Å². The van der Waals surface area contributed by atoms with Gasteiger partial charge in [-0.2, -0.15) is 4.37 Å². The second kappa shape index (κ2) is 3.87. The highest BCUT2D eigenvalue weighted by molar-refractivity contribution is 7.06. The predicted octanol–water partition coefficient (Wildman–Crippen LogP) is 2.27. The fourth-order valence-corrected chi connectivity index (χ4v) is 2.87. The predicted molar refractivity (Wildman–Crippen MR) is 57.6 cm³/mol. The van der Waals surface area contributed by atoms with Crippen LogP contribution in [0, 0.1) is 0 Å². The summed E-state index contributed by atoms with van der Waals surface area (Å²) in [5, 5.41) is 0. The van der Waals surface area contributed by atoms with E-state index in [1.807, 2.05) is 6.07 Å². The van der Waals surface area contributed by atoms with Gasteiger partial charge in [-0.3, -0.25) is 0 Å². The van der Waals surface area contributed by atoms with Crippen molar-refractivity contribution >= 4 is 11.5 Å². The summed E-state index contributed by atoms with van der Waals surface area (Å²) in [6.07, 6.45) is 5.94. The van der Waals surface area contributed by atoms with E-state index in [-0.39, 0.29) is 5.54 Å². The molecule has 14 heavy (non-hydrogen) atoms. The highest BCUT2D eigenvalue weighted by atomic mass is 32.1. The molecular weight excluding hydrogens is 196 g/mol. The van der Waals surface area contributed by atoms with E-state index >= 15 is 0 Å². The maximum absolute atomic E-state index is 6.36. The van der Waals surface area contributed by atoms with Crippen LogP contribution in [-0.4, -0.2) is 11.5 Å². The van der Waals surface area contributed by atoms with E-state index in [1.165, 1.54) is 35.7 Å². The van der Waals surface area contributed by atoms with Crippen LogP contribution in [0.2, 0.25) is 0 Å². The van der Waals surface area contributed by atoms with Crippen LogP contribution in [0.15, 0.2) is 6.07 Å². The highest BCUT2D eigenvalue weighted by Crippen LogP contribution is 2.37. The molecular formula is C10H16N2OS. The second-order valence-electron chi connectivity index (χ2n) is 3.95. The van der Waals surface area contributed by atoms with Gasteiger partial charge in [0.05, 0.1) is 12.6 Å². The molecule has 1 aliphatic carbocycles. The lowest BCUT2D eigenvalue weighted by Crippen LogP contribution is -2.37. The molecule has 1 heterocycles. The van der Waals surface area contributed by atoms with Gasteiger partial charge in [0, 0.05) is 10.9 Å². The van der Waals surface area contributed by atoms with Crippen molar-refractivity contribution in [3.8, 4) is 5.88 Å². The van der Waals surface area contributed by atoms with Crippen LogP contribution in [0.5, 0.6) is 5.88 Å². The number of hydrogen-bond acceptors (Lipinski definition) is 4. The third-order valence-electron chi connectivity index (χ3n) is 2.93. The number of nitrogens with two attached hydrogens (primary N) is 1. The summed E-state index contributed by atoms with van der Waals surface area (Å²) in [6.45, 7) is 0. The van der Waals surface area contributed by atoms with E-state index in [1.54, 1.807) is 7.11 Å². The zero-order valence-electron chi connectivity index (χ0n) is 8.45. The van der Waals surface area contributed by atoms with Gasteiger partial charge in [0.15, 0.2) is 0 Å². The monoisotopic (exact) mass is 212 g/mol. The first-order valence-electron chi connectivity index (χ1n) is 5.05. The lowest BCUT2D eigenvalue weighted by Gasteiger charge is -2.31. The molecule has 0 aromatic carbocycles. The van der Waals surface area contributed by atoms with Crippen molar-refractivity contribution in [2.75, 3.05) is 7.11 Å². The maximum atomic E-state index is 6.36. The summed E-state index contributed by atoms with van der Waals surface area (Å²) < 4.78 is 9.27. The van der Waals surface area contributed by atoms with E-state index in [2.05, 4.69) is 4.37 Å². The Labute approximate surface area is 88.4 Å². The Bertz CT molecular complexity index is 305. The molecule has 2 rings (SSSR count). The largest absolute Gasteiger partial charge is 0.480 e. The van der Waals surface area contributed by atoms with Crippen molar-refractivity contribution in [2.24, 2.45) is 5.73 Å². The molecule has 0 atom stereocenters. The molecule has 0 saturated heterocycles. The third-order valence-corrected chi connectivity index (χ3v) is 3.93. The normalized spacial score (nSPS) is 20.7. The van der Waals surface area contributed by atoms with Crippen LogP contribution in [0.1, 0.15) is 37.0 Å². The zero-order chi connectivity index (χ0) is 10.0. The van der Waals surface area contributed by atoms with Crippen LogP contribution in [-0.2, 0) is 5.54 Å². The fourth-order valence-electron chi connectivity index (χ4n) is 2.02. The number of rotatable bonds is 2. The SMILES string of the molecule is COc1cc(C2(N)CCCCC2)sn1. The minimum Gasteiger partial charge on any atom is -0.480 e. The zero-order valence-corrected chi connectivity index (χ0v) is 9.27. The molecule has 1 aromatic rings. The average Bonchev–Trinajstić information content (AvgIpc) is 2.67. The first kappa shape index (κ1) is 9.93. The molecule has 3 nitrogen and oxygen atoms in total. The van der Waals surface area contributed by atoms with Crippen LogP contribution in [0.3, 0.4) is 0 Å². The summed E-state index contributed by atoms with van der Waals surface area (Å²) in [5.74, 6) is 0.695. The van der Waals surface area contributed by atoms with Crippen molar-refractivity contribution in [1.82, 2.24) is 4.37 Å². The van der Waals surface area contributed by atoms with E-state index in [0.29, 0.717) is 5.88 Å². The molecule has 0 unspecified atom stereocenters. The number of ether oxygens (including phenoxy) is 1. The van der Waals surface area contributed by atoms with E-state index in [4.69, 9.17) is 10.5 Å². The van der Waals surface area contributed by atoms with Gasteiger partial charge in [-0.05, 0) is 24.4 Å². The van der Waals surface area contributed by atoms with E-state index < -0.39 is 0 Å². The highest BCUT2D eigenvalue weighted by Gasteiger charge is 2.31. The van der Waals surface area contributed by atoms with Gasteiger partial charge in [0.2, 0.25) is 5.88 Å².